The zero-order valence-corrected chi connectivity index (χ0v) is 13.4. The second-order valence-electron chi connectivity index (χ2n) is 4.27. The van der Waals surface area contributed by atoms with E-state index < -0.39 is 16.0 Å². The third-order valence-corrected chi connectivity index (χ3v) is 4.85. The van der Waals surface area contributed by atoms with Crippen LogP contribution in [0, 0.1) is 0 Å². The maximum atomic E-state index is 12.1. The van der Waals surface area contributed by atoms with Crippen molar-refractivity contribution >= 4 is 32.6 Å². The molecule has 1 rings (SSSR count). The number of hydrogen-bond donors (Lipinski definition) is 1. The Bertz CT molecular complexity index is 450. The van der Waals surface area contributed by atoms with Gasteiger partial charge < -0.3 is 10.0 Å². The summed E-state index contributed by atoms with van der Waals surface area (Å²) in [6, 6.07) is 7.70. The smallest absolute Gasteiger partial charge is 0.238 e. The lowest BCUT2D eigenvalue weighted by Gasteiger charge is -2.21. The molecule has 1 amide bonds. The lowest BCUT2D eigenvalue weighted by Crippen LogP contribution is -2.37. The third-order valence-electron chi connectivity index (χ3n) is 2.74. The van der Waals surface area contributed by atoms with Gasteiger partial charge in [-0.25, -0.2) is 0 Å². The fraction of sp³-hybridized carbons (Fsp3) is 0.462. The maximum Gasteiger partial charge on any atom is 0.238 e. The van der Waals surface area contributed by atoms with E-state index >= 15 is 0 Å². The molecule has 0 saturated heterocycles. The van der Waals surface area contributed by atoms with Gasteiger partial charge in [0.2, 0.25) is 5.91 Å². The molecule has 0 aliphatic rings. The molecule has 1 aromatic carbocycles. The van der Waals surface area contributed by atoms with Gasteiger partial charge in [-0.3, -0.25) is 9.00 Å². The van der Waals surface area contributed by atoms with Crippen molar-refractivity contribution < 1.29 is 14.1 Å². The summed E-state index contributed by atoms with van der Waals surface area (Å²) >= 11 is 3.36. The van der Waals surface area contributed by atoms with Crippen molar-refractivity contribution in [3.05, 3.63) is 34.3 Å². The summed E-state index contributed by atoms with van der Waals surface area (Å²) < 4.78 is 12.7. The fourth-order valence-corrected chi connectivity index (χ4v) is 2.83. The quantitative estimate of drug-likeness (QED) is 0.848. The summed E-state index contributed by atoms with van der Waals surface area (Å²) in [5.41, 5.74) is 1.01. The summed E-state index contributed by atoms with van der Waals surface area (Å²) in [6.07, 6.45) is 0. The molecule has 0 aliphatic carbocycles. The summed E-state index contributed by atoms with van der Waals surface area (Å²) in [5, 5.41) is 8.15. The third kappa shape index (κ3) is 5.04. The van der Waals surface area contributed by atoms with Gasteiger partial charge in [-0.2, -0.15) is 0 Å². The van der Waals surface area contributed by atoms with Crippen molar-refractivity contribution in [1.29, 1.82) is 0 Å². The Morgan fingerprint density at radius 1 is 1.42 bits per heavy atom. The Morgan fingerprint density at radius 3 is 2.53 bits per heavy atom. The van der Waals surface area contributed by atoms with E-state index in [-0.39, 0.29) is 18.3 Å². The van der Waals surface area contributed by atoms with Crippen LogP contribution in [0.2, 0.25) is 0 Å². The van der Waals surface area contributed by atoms with E-state index in [4.69, 9.17) is 5.11 Å². The van der Waals surface area contributed by atoms with Gasteiger partial charge in [-0.1, -0.05) is 28.1 Å². The number of nitrogens with zero attached hydrogens (tertiary/aromatic N) is 1. The first kappa shape index (κ1) is 16.3. The van der Waals surface area contributed by atoms with Crippen LogP contribution in [0.25, 0.3) is 0 Å². The number of carbonyl (C=O) groups is 1. The molecule has 1 aromatic rings. The molecule has 0 radical (unpaired) electrons. The number of rotatable bonds is 6. The molecule has 0 bridgehead atoms. The lowest BCUT2D eigenvalue weighted by atomic mass is 10.2. The number of benzene rings is 1. The standard InChI is InChI=1S/C13H18BrNO3S/c1-10(19(18)8-7-16)13(17)15(2)9-11-3-5-12(14)6-4-11/h3-6,10,16H,7-9H2,1-2H3. The SMILES string of the molecule is CC(C(=O)N(C)Cc1ccc(Br)cc1)S(=O)CCO. The topological polar surface area (TPSA) is 57.6 Å². The van der Waals surface area contributed by atoms with Crippen LogP contribution in [-0.4, -0.2) is 44.8 Å². The zero-order chi connectivity index (χ0) is 14.4. The minimum Gasteiger partial charge on any atom is -0.395 e. The summed E-state index contributed by atoms with van der Waals surface area (Å²) in [5.74, 6) is -0.0336. The molecule has 4 nitrogen and oxygen atoms in total. The average Bonchev–Trinajstić information content (AvgIpc) is 2.39. The highest BCUT2D eigenvalue weighted by atomic mass is 79.9. The van der Waals surface area contributed by atoms with Gasteiger partial charge >= 0.3 is 0 Å². The van der Waals surface area contributed by atoms with Crippen LogP contribution in [0.1, 0.15) is 12.5 Å². The summed E-state index contributed by atoms with van der Waals surface area (Å²) in [7, 11) is 0.366. The van der Waals surface area contributed by atoms with Gasteiger partial charge in [0, 0.05) is 34.6 Å². The predicted molar refractivity (Wildman–Crippen MR) is 80.2 cm³/mol. The molecule has 0 aromatic heterocycles. The molecule has 19 heavy (non-hydrogen) atoms. The minimum absolute atomic E-state index is 0.138. The monoisotopic (exact) mass is 347 g/mol. The van der Waals surface area contributed by atoms with Crippen molar-refractivity contribution in [1.82, 2.24) is 4.90 Å². The molecule has 0 aliphatic heterocycles. The normalized spacial score (nSPS) is 13.9. The molecular weight excluding hydrogens is 330 g/mol. The molecule has 106 valence electrons. The van der Waals surface area contributed by atoms with Gasteiger partial charge in [-0.05, 0) is 24.6 Å². The number of aliphatic hydroxyl groups is 1. The van der Waals surface area contributed by atoms with Crippen molar-refractivity contribution in [2.75, 3.05) is 19.4 Å². The van der Waals surface area contributed by atoms with Gasteiger partial charge in [0.05, 0.1) is 6.61 Å². The number of carbonyl (C=O) groups excluding carboxylic acids is 1. The highest BCUT2D eigenvalue weighted by molar-refractivity contribution is 9.10. The van der Waals surface area contributed by atoms with Crippen LogP contribution in [0.3, 0.4) is 0 Å². The van der Waals surface area contributed by atoms with Gasteiger partial charge in [0.25, 0.3) is 0 Å². The van der Waals surface area contributed by atoms with Crippen LogP contribution in [0.4, 0.5) is 0 Å². The number of aliphatic hydroxyl groups excluding tert-OH is 1. The highest BCUT2D eigenvalue weighted by Gasteiger charge is 2.22. The van der Waals surface area contributed by atoms with Crippen molar-refractivity contribution in [3.8, 4) is 0 Å². The average molecular weight is 348 g/mol. The second kappa shape index (κ2) is 7.77. The first-order valence-electron chi connectivity index (χ1n) is 5.93. The molecule has 6 heteroatoms. The van der Waals surface area contributed by atoms with Crippen molar-refractivity contribution in [2.24, 2.45) is 0 Å². The Labute approximate surface area is 124 Å². The molecule has 0 saturated carbocycles. The van der Waals surface area contributed by atoms with Crippen LogP contribution >= 0.6 is 15.9 Å². The largest absolute Gasteiger partial charge is 0.395 e. The van der Waals surface area contributed by atoms with Crippen LogP contribution in [0.15, 0.2) is 28.7 Å². The molecule has 0 fully saturated rings. The van der Waals surface area contributed by atoms with E-state index in [1.165, 1.54) is 0 Å². The van der Waals surface area contributed by atoms with E-state index in [1.54, 1.807) is 18.9 Å². The molecule has 2 atom stereocenters. The highest BCUT2D eigenvalue weighted by Crippen LogP contribution is 2.12. The van der Waals surface area contributed by atoms with E-state index in [0.29, 0.717) is 6.54 Å². The first-order chi connectivity index (χ1) is 8.95. The molecule has 1 N–H and O–H groups in total. The Kier molecular flexibility index (Phi) is 6.68. The number of amides is 1. The Morgan fingerprint density at radius 2 is 2.00 bits per heavy atom. The maximum absolute atomic E-state index is 12.1. The van der Waals surface area contributed by atoms with Gasteiger partial charge in [-0.15, -0.1) is 0 Å². The van der Waals surface area contributed by atoms with Crippen molar-refractivity contribution in [3.63, 3.8) is 0 Å². The zero-order valence-electron chi connectivity index (χ0n) is 11.0. The second-order valence-corrected chi connectivity index (χ2v) is 7.06. The van der Waals surface area contributed by atoms with Crippen LogP contribution in [-0.2, 0) is 22.1 Å². The molecule has 0 heterocycles. The first-order valence-corrected chi connectivity index (χ1v) is 8.10. The number of hydrogen-bond acceptors (Lipinski definition) is 3. The number of halogens is 1. The van der Waals surface area contributed by atoms with E-state index in [1.807, 2.05) is 24.3 Å². The van der Waals surface area contributed by atoms with Crippen LogP contribution in [0.5, 0.6) is 0 Å². The van der Waals surface area contributed by atoms with Crippen molar-refractivity contribution in [2.45, 2.75) is 18.7 Å². The summed E-state index contributed by atoms with van der Waals surface area (Å²) in [4.78, 5) is 13.6. The molecule has 2 unspecified atom stereocenters. The molecule has 0 spiro atoms. The van der Waals surface area contributed by atoms with E-state index in [0.717, 1.165) is 10.0 Å². The molecular formula is C13H18BrNO3S. The van der Waals surface area contributed by atoms with Crippen LogP contribution < -0.4 is 0 Å². The lowest BCUT2D eigenvalue weighted by molar-refractivity contribution is -0.129. The Hall–Kier alpha value is -0.720. The van der Waals surface area contributed by atoms with Gasteiger partial charge in [0.1, 0.15) is 5.25 Å². The minimum atomic E-state index is -1.33. The summed E-state index contributed by atoms with van der Waals surface area (Å²) in [6.45, 7) is 1.94. The van der Waals surface area contributed by atoms with E-state index in [2.05, 4.69) is 15.9 Å². The Balaban J connectivity index is 2.62. The van der Waals surface area contributed by atoms with Gasteiger partial charge in [0.15, 0.2) is 0 Å². The predicted octanol–water partition coefficient (Wildman–Crippen LogP) is 1.54. The van der Waals surface area contributed by atoms with E-state index in [9.17, 15) is 9.00 Å². The fourth-order valence-electron chi connectivity index (χ4n) is 1.63.